The highest BCUT2D eigenvalue weighted by molar-refractivity contribution is 7.89. The van der Waals surface area contributed by atoms with Crippen LogP contribution in [-0.2, 0) is 17.1 Å². The second kappa shape index (κ2) is 7.67. The summed E-state index contributed by atoms with van der Waals surface area (Å²) < 4.78 is 48.0. The predicted octanol–water partition coefficient (Wildman–Crippen LogP) is 2.03. The molecule has 4 rings (SSSR count). The molecule has 0 bridgehead atoms. The average molecular weight is 428 g/mol. The zero-order valence-corrected chi connectivity index (χ0v) is 16.6. The number of oxazole rings is 1. The van der Waals surface area contributed by atoms with Crippen LogP contribution in [0.4, 0.5) is 4.39 Å². The summed E-state index contributed by atoms with van der Waals surface area (Å²) in [7, 11) is -2.31. The van der Waals surface area contributed by atoms with Gasteiger partial charge in [-0.2, -0.15) is 4.31 Å². The van der Waals surface area contributed by atoms with Crippen LogP contribution in [0.3, 0.4) is 0 Å². The Bertz CT molecular complexity index is 1180. The van der Waals surface area contributed by atoms with Crippen LogP contribution in [0, 0.1) is 5.82 Å². The van der Waals surface area contributed by atoms with Gasteiger partial charge >= 0.3 is 5.76 Å². The van der Waals surface area contributed by atoms with Crippen LogP contribution in [0.5, 0.6) is 0 Å². The van der Waals surface area contributed by atoms with E-state index in [0.717, 1.165) is 0 Å². The summed E-state index contributed by atoms with van der Waals surface area (Å²) in [6.07, 6.45) is 0. The number of nitrogens with zero attached hydrogens (tertiary/aromatic N) is 2. The second-order valence-corrected chi connectivity index (χ2v) is 8.34. The third-order valence-electron chi connectivity index (χ3n) is 4.80. The maximum atomic E-state index is 13.7. The van der Waals surface area contributed by atoms with Crippen LogP contribution < -0.4 is 11.1 Å². The van der Waals surface area contributed by atoms with Crippen molar-refractivity contribution in [1.29, 1.82) is 0 Å². The lowest BCUT2D eigenvalue weighted by atomic mass is 10.1. The topological polar surface area (TPSA) is 84.5 Å². The summed E-state index contributed by atoms with van der Waals surface area (Å²) in [5.41, 5.74) is 1.31. The van der Waals surface area contributed by atoms with Gasteiger partial charge in [-0.1, -0.05) is 12.1 Å². The molecule has 0 amide bonds. The number of aryl methyl sites for hydroxylation is 1. The molecule has 3 aromatic rings. The van der Waals surface area contributed by atoms with Gasteiger partial charge in [0.25, 0.3) is 0 Å². The average Bonchev–Trinajstić information content (AvgIpc) is 2.95. The maximum absolute atomic E-state index is 13.7. The van der Waals surface area contributed by atoms with E-state index in [0.29, 0.717) is 24.2 Å². The molecule has 0 radical (unpaired) electrons. The van der Waals surface area contributed by atoms with E-state index < -0.39 is 27.6 Å². The van der Waals surface area contributed by atoms with Gasteiger partial charge in [0, 0.05) is 32.7 Å². The highest BCUT2D eigenvalue weighted by Crippen LogP contribution is 2.30. The molecule has 150 valence electrons. The molecule has 2 heterocycles. The van der Waals surface area contributed by atoms with Crippen molar-refractivity contribution in [3.05, 3.63) is 64.4 Å². The predicted molar refractivity (Wildman–Crippen MR) is 105 cm³/mol. The Balaban J connectivity index is 0.00000225. The number of halogens is 2. The fourth-order valence-electron chi connectivity index (χ4n) is 3.38. The van der Waals surface area contributed by atoms with Gasteiger partial charge in [0.15, 0.2) is 5.58 Å². The number of benzene rings is 2. The van der Waals surface area contributed by atoms with Gasteiger partial charge in [-0.25, -0.2) is 17.6 Å². The molecule has 10 heteroatoms. The molecule has 0 spiro atoms. The highest BCUT2D eigenvalue weighted by Gasteiger charge is 2.35. The Hall–Kier alpha value is -2.20. The van der Waals surface area contributed by atoms with Crippen molar-refractivity contribution < 1.29 is 17.2 Å². The van der Waals surface area contributed by atoms with Crippen molar-refractivity contribution in [2.75, 3.05) is 19.6 Å². The van der Waals surface area contributed by atoms with Gasteiger partial charge in [-0.05, 0) is 29.8 Å². The van der Waals surface area contributed by atoms with Gasteiger partial charge in [-0.15, -0.1) is 12.4 Å². The zero-order chi connectivity index (χ0) is 19.2. The van der Waals surface area contributed by atoms with Crippen LogP contribution in [0.2, 0.25) is 0 Å². The van der Waals surface area contributed by atoms with Gasteiger partial charge in [-0.3, -0.25) is 4.57 Å². The largest absolute Gasteiger partial charge is 0.419 e. The maximum Gasteiger partial charge on any atom is 0.419 e. The zero-order valence-electron chi connectivity index (χ0n) is 15.0. The van der Waals surface area contributed by atoms with Gasteiger partial charge in [0.05, 0.1) is 16.5 Å². The number of rotatable bonds is 3. The number of hydrogen-bond acceptors (Lipinski definition) is 5. The molecule has 1 N–H and O–H groups in total. The molecule has 1 aromatic heterocycles. The SMILES string of the molecule is Cl.Cn1c(=O)oc2cc(S(=O)(=O)N3CCNCC3c3cccc(F)c3)ccc21. The number of piperazine rings is 1. The standard InChI is InChI=1S/C18H18FN3O4S.ClH/c1-21-15-6-5-14(10-17(15)26-18(21)23)27(24,25)22-8-7-20-11-16(22)12-3-2-4-13(19)9-12;/h2-6,9-10,16,20H,7-8,11H2,1H3;1H. The van der Waals surface area contributed by atoms with Crippen LogP contribution >= 0.6 is 12.4 Å². The van der Waals surface area contributed by atoms with E-state index in [1.165, 1.54) is 33.1 Å². The smallest absolute Gasteiger partial charge is 0.408 e. The van der Waals surface area contributed by atoms with E-state index in [1.54, 1.807) is 25.2 Å². The summed E-state index contributed by atoms with van der Waals surface area (Å²) in [6.45, 7) is 1.12. The first-order valence-corrected chi connectivity index (χ1v) is 9.89. The first kappa shape index (κ1) is 20.5. The molecule has 1 fully saturated rings. The Labute approximate surface area is 167 Å². The fraction of sp³-hybridized carbons (Fsp3) is 0.278. The molecule has 1 aliphatic heterocycles. The Kier molecular flexibility index (Phi) is 5.62. The van der Waals surface area contributed by atoms with Gasteiger partial charge < -0.3 is 9.73 Å². The van der Waals surface area contributed by atoms with Crippen LogP contribution in [0.25, 0.3) is 11.1 Å². The van der Waals surface area contributed by atoms with Crippen LogP contribution in [0.1, 0.15) is 11.6 Å². The lowest BCUT2D eigenvalue weighted by molar-refractivity contribution is 0.271. The fourth-order valence-corrected chi connectivity index (χ4v) is 5.01. The summed E-state index contributed by atoms with van der Waals surface area (Å²) in [5, 5.41) is 3.16. The van der Waals surface area contributed by atoms with Crippen molar-refractivity contribution in [3.63, 3.8) is 0 Å². The highest BCUT2D eigenvalue weighted by atomic mass is 35.5. The second-order valence-electron chi connectivity index (χ2n) is 6.45. The Morgan fingerprint density at radius 3 is 2.75 bits per heavy atom. The normalized spacial score (nSPS) is 18.1. The summed E-state index contributed by atoms with van der Waals surface area (Å²) in [6, 6.07) is 9.78. The van der Waals surface area contributed by atoms with E-state index >= 15 is 0 Å². The first-order chi connectivity index (χ1) is 12.9. The number of fused-ring (bicyclic) bond motifs is 1. The van der Waals surface area contributed by atoms with Crippen molar-refractivity contribution in [1.82, 2.24) is 14.2 Å². The molecule has 0 saturated carbocycles. The summed E-state index contributed by atoms with van der Waals surface area (Å²) >= 11 is 0. The molecule has 1 aliphatic rings. The van der Waals surface area contributed by atoms with Crippen LogP contribution in [-0.4, -0.2) is 36.9 Å². The first-order valence-electron chi connectivity index (χ1n) is 8.45. The summed E-state index contributed by atoms with van der Waals surface area (Å²) in [4.78, 5) is 11.7. The monoisotopic (exact) mass is 427 g/mol. The third kappa shape index (κ3) is 3.46. The number of aromatic nitrogens is 1. The van der Waals surface area contributed by atoms with E-state index in [2.05, 4.69) is 5.32 Å². The van der Waals surface area contributed by atoms with E-state index in [9.17, 15) is 17.6 Å². The number of hydrogen-bond donors (Lipinski definition) is 1. The molecule has 1 saturated heterocycles. The van der Waals surface area contributed by atoms with E-state index in [1.807, 2.05) is 0 Å². The lowest BCUT2D eigenvalue weighted by Crippen LogP contribution is -2.48. The minimum atomic E-state index is -3.87. The van der Waals surface area contributed by atoms with Gasteiger partial charge in [0.2, 0.25) is 10.0 Å². The molecular formula is C18H19ClFN3O4S. The number of sulfonamides is 1. The molecular weight excluding hydrogens is 409 g/mol. The van der Waals surface area contributed by atoms with Crippen molar-refractivity contribution in [2.45, 2.75) is 10.9 Å². The molecule has 28 heavy (non-hydrogen) atoms. The van der Waals surface area contributed by atoms with Crippen molar-refractivity contribution in [3.8, 4) is 0 Å². The number of nitrogens with one attached hydrogen (secondary N) is 1. The van der Waals surface area contributed by atoms with E-state index in [4.69, 9.17) is 4.42 Å². The lowest BCUT2D eigenvalue weighted by Gasteiger charge is -2.35. The van der Waals surface area contributed by atoms with Crippen molar-refractivity contribution in [2.24, 2.45) is 7.05 Å². The van der Waals surface area contributed by atoms with E-state index in [-0.39, 0.29) is 29.4 Å². The van der Waals surface area contributed by atoms with Crippen molar-refractivity contribution >= 4 is 33.5 Å². The molecule has 1 atom stereocenters. The summed E-state index contributed by atoms with van der Waals surface area (Å²) in [5.74, 6) is -0.970. The minimum absolute atomic E-state index is 0. The molecule has 0 aliphatic carbocycles. The Morgan fingerprint density at radius 1 is 1.21 bits per heavy atom. The Morgan fingerprint density at radius 2 is 2.00 bits per heavy atom. The molecule has 2 aromatic carbocycles. The minimum Gasteiger partial charge on any atom is -0.408 e. The molecule has 1 unspecified atom stereocenters. The van der Waals surface area contributed by atoms with Crippen LogP contribution in [0.15, 0.2) is 56.6 Å². The van der Waals surface area contributed by atoms with Gasteiger partial charge in [0.1, 0.15) is 5.82 Å². The molecule has 7 nitrogen and oxygen atoms in total. The quantitative estimate of drug-likeness (QED) is 0.691. The third-order valence-corrected chi connectivity index (χ3v) is 6.70.